The Labute approximate surface area is 142 Å². The van der Waals surface area contributed by atoms with Crippen molar-refractivity contribution in [2.75, 3.05) is 19.8 Å². The van der Waals surface area contributed by atoms with Gasteiger partial charge in [-0.2, -0.15) is 17.2 Å². The molecule has 2 fully saturated rings. The fourth-order valence-electron chi connectivity index (χ4n) is 4.81. The maximum atomic E-state index is 13.3. The first kappa shape index (κ1) is 20.0. The molecule has 0 radical (unpaired) electrons. The van der Waals surface area contributed by atoms with Gasteiger partial charge < -0.3 is 9.84 Å². The number of ether oxygens (including phenoxy) is 1. The average molecular weight is 370 g/mol. The number of aliphatic hydroxyl groups excluding tert-OH is 1. The van der Waals surface area contributed by atoms with Crippen LogP contribution in [0.2, 0.25) is 0 Å². The van der Waals surface area contributed by atoms with Gasteiger partial charge in [0.1, 0.15) is 6.61 Å². The van der Waals surface area contributed by atoms with Crippen molar-refractivity contribution < 1.29 is 31.6 Å². The van der Waals surface area contributed by atoms with E-state index in [1.807, 2.05) is 0 Å². The third kappa shape index (κ3) is 4.08. The highest BCUT2D eigenvalue weighted by atomic mass is 32.2. The Morgan fingerprint density at radius 3 is 2.58 bits per heavy atom. The van der Waals surface area contributed by atoms with Crippen molar-refractivity contribution in [3.05, 3.63) is 0 Å². The van der Waals surface area contributed by atoms with Crippen molar-refractivity contribution in [3.63, 3.8) is 0 Å². The summed E-state index contributed by atoms with van der Waals surface area (Å²) >= 11 is 0. The molecule has 4 atom stereocenters. The minimum absolute atomic E-state index is 0.110. The zero-order valence-electron chi connectivity index (χ0n) is 14.1. The highest BCUT2D eigenvalue weighted by molar-refractivity contribution is 7.86. The maximum Gasteiger partial charge on any atom is 0.392 e. The molecule has 0 bridgehead atoms. The molecule has 0 aromatic heterocycles. The first-order valence-corrected chi connectivity index (χ1v) is 10.1. The topological polar surface area (TPSA) is 83.8 Å². The van der Waals surface area contributed by atoms with E-state index in [2.05, 4.69) is 6.92 Å². The maximum absolute atomic E-state index is 13.3. The van der Waals surface area contributed by atoms with Crippen LogP contribution in [-0.4, -0.2) is 43.2 Å². The molecule has 2 aliphatic carbocycles. The van der Waals surface area contributed by atoms with Gasteiger partial charge in [0.25, 0.3) is 0 Å². The van der Waals surface area contributed by atoms with Crippen LogP contribution in [0.5, 0.6) is 0 Å². The fourth-order valence-corrected chi connectivity index (χ4v) is 5.04. The number of hydrogen-bond donors (Lipinski definition) is 2. The summed E-state index contributed by atoms with van der Waals surface area (Å²) in [6, 6.07) is 0. The quantitative estimate of drug-likeness (QED) is 0.577. The van der Waals surface area contributed by atoms with E-state index in [1.165, 1.54) is 0 Å². The molecule has 0 aliphatic heterocycles. The van der Waals surface area contributed by atoms with Gasteiger partial charge >= 0.3 is 15.4 Å². The van der Waals surface area contributed by atoms with Crippen molar-refractivity contribution in [2.45, 2.75) is 57.1 Å². The molecule has 2 aliphatic rings. The zero-order chi connectivity index (χ0) is 18.0. The van der Waals surface area contributed by atoms with E-state index in [0.29, 0.717) is 17.8 Å². The van der Waals surface area contributed by atoms with Crippen molar-refractivity contribution in [1.29, 1.82) is 0 Å². The Hall–Kier alpha value is -0.310. The van der Waals surface area contributed by atoms with Crippen molar-refractivity contribution in [1.82, 2.24) is 0 Å². The van der Waals surface area contributed by atoms with Gasteiger partial charge in [0.15, 0.2) is 0 Å². The second-order valence-corrected chi connectivity index (χ2v) is 9.05. The van der Waals surface area contributed by atoms with Gasteiger partial charge in [-0.15, -0.1) is 0 Å². The molecule has 2 N–H and O–H groups in total. The molecule has 4 unspecified atom stereocenters. The van der Waals surface area contributed by atoms with Gasteiger partial charge in [-0.25, -0.2) is 0 Å². The van der Waals surface area contributed by atoms with E-state index in [4.69, 9.17) is 14.4 Å². The Morgan fingerprint density at radius 1 is 1.29 bits per heavy atom. The summed E-state index contributed by atoms with van der Waals surface area (Å²) < 4.78 is 61.5. The molecule has 0 aromatic rings. The van der Waals surface area contributed by atoms with Gasteiger partial charge in [-0.05, 0) is 55.3 Å². The lowest BCUT2D eigenvalue weighted by Gasteiger charge is -2.52. The smallest absolute Gasteiger partial charge is 0.392 e. The highest BCUT2D eigenvalue weighted by Crippen LogP contribution is 2.64. The first-order valence-electron chi connectivity index (χ1n) is 8.68. The van der Waals surface area contributed by atoms with Gasteiger partial charge in [0.2, 0.25) is 0 Å². The lowest BCUT2D eigenvalue weighted by Crippen LogP contribution is -2.48. The SMILES string of the molecule is CCCC1CC2C(CCCO)CC2(COCC(F)(F)S(=O)(=O)O)C1. The molecular formula is C16H28F2O5S. The van der Waals surface area contributed by atoms with Crippen LogP contribution in [0.1, 0.15) is 51.9 Å². The first-order chi connectivity index (χ1) is 11.1. The van der Waals surface area contributed by atoms with E-state index >= 15 is 0 Å². The van der Waals surface area contributed by atoms with Crippen LogP contribution in [0.25, 0.3) is 0 Å². The van der Waals surface area contributed by atoms with Gasteiger partial charge in [0.05, 0.1) is 6.61 Å². The molecule has 0 heterocycles. The minimum Gasteiger partial charge on any atom is -0.396 e. The minimum atomic E-state index is -5.44. The molecule has 5 nitrogen and oxygen atoms in total. The highest BCUT2D eigenvalue weighted by Gasteiger charge is 2.58. The number of aliphatic hydroxyl groups is 1. The van der Waals surface area contributed by atoms with Gasteiger partial charge in [-0.1, -0.05) is 19.8 Å². The summed E-state index contributed by atoms with van der Waals surface area (Å²) in [6.07, 6.45) is 6.73. The molecule has 142 valence electrons. The standard InChI is InChI=1S/C16H28F2O5S/c1-2-4-12-7-14-13(5-3-6-19)9-15(14,8-12)10-23-11-16(17,18)24(20,21)22/h12-14,19H,2-11H2,1H3,(H,20,21,22). The number of hydrogen-bond acceptors (Lipinski definition) is 4. The lowest BCUT2D eigenvalue weighted by atomic mass is 9.54. The molecular weight excluding hydrogens is 342 g/mol. The summed E-state index contributed by atoms with van der Waals surface area (Å²) in [4.78, 5) is 0. The second kappa shape index (κ2) is 7.51. The number of halogens is 2. The van der Waals surface area contributed by atoms with Crippen LogP contribution < -0.4 is 0 Å². The normalized spacial score (nSPS) is 33.3. The third-order valence-corrected chi connectivity index (χ3v) is 6.65. The molecule has 2 rings (SSSR count). The van der Waals surface area contributed by atoms with E-state index in [1.54, 1.807) is 0 Å². The van der Waals surface area contributed by atoms with Crippen molar-refractivity contribution in [2.24, 2.45) is 23.2 Å². The van der Waals surface area contributed by atoms with E-state index in [-0.39, 0.29) is 18.6 Å². The zero-order valence-corrected chi connectivity index (χ0v) is 14.9. The van der Waals surface area contributed by atoms with Crippen LogP contribution in [-0.2, 0) is 14.9 Å². The predicted molar refractivity (Wildman–Crippen MR) is 85.3 cm³/mol. The van der Waals surface area contributed by atoms with Gasteiger partial charge in [0, 0.05) is 6.61 Å². The average Bonchev–Trinajstić information content (AvgIpc) is 2.73. The molecule has 2 saturated carbocycles. The fraction of sp³-hybridized carbons (Fsp3) is 1.00. The monoisotopic (exact) mass is 370 g/mol. The van der Waals surface area contributed by atoms with Crippen molar-refractivity contribution in [3.8, 4) is 0 Å². The number of rotatable bonds is 10. The Bertz CT molecular complexity index is 525. The molecule has 0 amide bonds. The predicted octanol–water partition coefficient (Wildman–Crippen LogP) is 3.09. The van der Waals surface area contributed by atoms with Crippen LogP contribution in [0.4, 0.5) is 8.78 Å². The largest absolute Gasteiger partial charge is 0.396 e. The molecule has 24 heavy (non-hydrogen) atoms. The van der Waals surface area contributed by atoms with Crippen LogP contribution in [0.15, 0.2) is 0 Å². The van der Waals surface area contributed by atoms with Crippen molar-refractivity contribution >= 4 is 10.1 Å². The summed E-state index contributed by atoms with van der Waals surface area (Å²) in [5.41, 5.74) is -0.144. The van der Waals surface area contributed by atoms with Crippen LogP contribution in [0.3, 0.4) is 0 Å². The summed E-state index contributed by atoms with van der Waals surface area (Å²) in [7, 11) is -5.44. The second-order valence-electron chi connectivity index (χ2n) is 7.50. The molecule has 8 heteroatoms. The third-order valence-electron chi connectivity index (χ3n) is 5.77. The summed E-state index contributed by atoms with van der Waals surface area (Å²) in [6.45, 7) is 1.09. The summed E-state index contributed by atoms with van der Waals surface area (Å²) in [5.74, 6) is 1.45. The van der Waals surface area contributed by atoms with Gasteiger partial charge in [-0.3, -0.25) is 4.55 Å². The van der Waals surface area contributed by atoms with E-state index in [0.717, 1.165) is 44.9 Å². The number of alkyl halides is 2. The van der Waals surface area contributed by atoms with Crippen LogP contribution >= 0.6 is 0 Å². The van der Waals surface area contributed by atoms with E-state index < -0.39 is 22.0 Å². The summed E-state index contributed by atoms with van der Waals surface area (Å²) in [5, 5.41) is 4.73. The Kier molecular flexibility index (Phi) is 6.26. The Balaban J connectivity index is 1.94. The van der Waals surface area contributed by atoms with Crippen LogP contribution in [0, 0.1) is 23.2 Å². The molecule has 0 saturated heterocycles. The molecule has 0 aromatic carbocycles. The number of fused-ring (bicyclic) bond motifs is 1. The lowest BCUT2D eigenvalue weighted by molar-refractivity contribution is -0.111. The van der Waals surface area contributed by atoms with E-state index in [9.17, 15) is 17.2 Å². The Morgan fingerprint density at radius 2 is 2.00 bits per heavy atom. The molecule has 0 spiro atoms.